The van der Waals surface area contributed by atoms with Crippen molar-refractivity contribution < 1.29 is 25.5 Å². The molecule has 0 aromatic heterocycles. The molecule has 1 aliphatic rings. The Morgan fingerprint density at radius 3 is 2.08 bits per heavy atom. The maximum absolute atomic E-state index is 9.47. The Morgan fingerprint density at radius 2 is 1.83 bits per heavy atom. The molecule has 4 atom stereocenters. The average molecular weight is 178 g/mol. The van der Waals surface area contributed by atoms with Crippen molar-refractivity contribution in [3.63, 3.8) is 0 Å². The predicted molar refractivity (Wildman–Crippen MR) is 39.2 cm³/mol. The van der Waals surface area contributed by atoms with Crippen molar-refractivity contribution in [2.45, 2.75) is 24.2 Å². The molecule has 0 aromatic rings. The molecule has 0 radical (unpaired) electrons. The van der Waals surface area contributed by atoms with Crippen LogP contribution in [0, 0.1) is 5.92 Å². The molecule has 12 heavy (non-hydrogen) atoms. The first kappa shape index (κ1) is 9.88. The van der Waals surface area contributed by atoms with Crippen molar-refractivity contribution in [1.82, 2.24) is 0 Å². The van der Waals surface area contributed by atoms with Gasteiger partial charge in [0.2, 0.25) is 0 Å². The minimum Gasteiger partial charge on any atom is -0.396 e. The van der Waals surface area contributed by atoms with E-state index in [-0.39, 0.29) is 13.0 Å². The molecule has 1 saturated carbocycles. The van der Waals surface area contributed by atoms with E-state index < -0.39 is 30.3 Å². The van der Waals surface area contributed by atoms with Gasteiger partial charge in [0.15, 0.2) is 0 Å². The fraction of sp³-hybridized carbons (Fsp3) is 1.00. The molecule has 0 unspecified atom stereocenters. The van der Waals surface area contributed by atoms with Crippen molar-refractivity contribution >= 4 is 0 Å². The third kappa shape index (κ3) is 1.34. The van der Waals surface area contributed by atoms with Crippen LogP contribution in [-0.2, 0) is 0 Å². The van der Waals surface area contributed by atoms with Gasteiger partial charge in [-0.15, -0.1) is 0 Å². The highest BCUT2D eigenvalue weighted by molar-refractivity contribution is 5.01. The van der Waals surface area contributed by atoms with Gasteiger partial charge in [-0.2, -0.15) is 0 Å². The van der Waals surface area contributed by atoms with Crippen LogP contribution in [-0.4, -0.2) is 56.6 Å². The van der Waals surface area contributed by atoms with Gasteiger partial charge >= 0.3 is 0 Å². The van der Waals surface area contributed by atoms with Gasteiger partial charge in [-0.05, 0) is 6.42 Å². The Morgan fingerprint density at radius 1 is 1.25 bits per heavy atom. The minimum absolute atomic E-state index is 0.0162. The van der Waals surface area contributed by atoms with Gasteiger partial charge in [0.1, 0.15) is 11.7 Å². The Hall–Kier alpha value is -0.200. The molecule has 1 rings (SSSR count). The monoisotopic (exact) mass is 178 g/mol. The Bertz CT molecular complexity index is 162. The summed E-state index contributed by atoms with van der Waals surface area (Å²) in [7, 11) is 0. The molecule has 0 aliphatic heterocycles. The summed E-state index contributed by atoms with van der Waals surface area (Å²) in [4.78, 5) is 0. The lowest BCUT2D eigenvalue weighted by Crippen LogP contribution is -2.45. The molecule has 0 bridgehead atoms. The zero-order valence-corrected chi connectivity index (χ0v) is 6.59. The molecular weight excluding hydrogens is 164 g/mol. The Balaban J connectivity index is 2.72. The smallest absolute Gasteiger partial charge is 0.116 e. The number of aliphatic hydroxyl groups is 5. The standard InChI is InChI=1S/C7H14O5/c8-2-4-1-7(12,3-9)6(11)5(4)10/h4-6,8-12H,1-3H2/t4-,5-,6+,7+/m1/s1. The molecular formula is C7H14O5. The summed E-state index contributed by atoms with van der Waals surface area (Å²) >= 11 is 0. The Kier molecular flexibility index (Phi) is 2.70. The average Bonchev–Trinajstić information content (AvgIpc) is 2.31. The van der Waals surface area contributed by atoms with E-state index >= 15 is 0 Å². The predicted octanol–water partition coefficient (Wildman–Crippen LogP) is -2.56. The zero-order valence-electron chi connectivity index (χ0n) is 6.59. The number of hydrogen-bond acceptors (Lipinski definition) is 5. The van der Waals surface area contributed by atoms with Crippen LogP contribution in [0.15, 0.2) is 0 Å². The number of aliphatic hydroxyl groups excluding tert-OH is 4. The maximum Gasteiger partial charge on any atom is 0.116 e. The van der Waals surface area contributed by atoms with Gasteiger partial charge in [0.25, 0.3) is 0 Å². The second kappa shape index (κ2) is 3.27. The molecule has 5 nitrogen and oxygen atoms in total. The van der Waals surface area contributed by atoms with Crippen LogP contribution in [0.1, 0.15) is 6.42 Å². The highest BCUT2D eigenvalue weighted by Crippen LogP contribution is 2.34. The van der Waals surface area contributed by atoms with Crippen molar-refractivity contribution in [2.75, 3.05) is 13.2 Å². The number of hydrogen-bond donors (Lipinski definition) is 5. The molecule has 1 fully saturated rings. The van der Waals surface area contributed by atoms with Crippen LogP contribution in [0.4, 0.5) is 0 Å². The topological polar surface area (TPSA) is 101 Å². The van der Waals surface area contributed by atoms with Gasteiger partial charge in [-0.3, -0.25) is 0 Å². The lowest BCUT2D eigenvalue weighted by atomic mass is 10.0. The summed E-state index contributed by atoms with van der Waals surface area (Å²) in [6.07, 6.45) is -2.52. The Labute approximate surface area is 69.9 Å². The summed E-state index contributed by atoms with van der Waals surface area (Å²) < 4.78 is 0. The molecule has 72 valence electrons. The highest BCUT2D eigenvalue weighted by Gasteiger charge is 2.50. The van der Waals surface area contributed by atoms with Crippen LogP contribution in [0.5, 0.6) is 0 Å². The second-order valence-electron chi connectivity index (χ2n) is 3.34. The van der Waals surface area contributed by atoms with Gasteiger partial charge in [0, 0.05) is 12.5 Å². The summed E-state index contributed by atoms with van der Waals surface area (Å²) in [6, 6.07) is 0. The van der Waals surface area contributed by atoms with E-state index in [1.165, 1.54) is 0 Å². The molecule has 0 spiro atoms. The first-order chi connectivity index (χ1) is 5.55. The minimum atomic E-state index is -1.66. The maximum atomic E-state index is 9.47. The summed E-state index contributed by atoms with van der Waals surface area (Å²) in [5.41, 5.74) is -1.66. The van der Waals surface area contributed by atoms with Gasteiger partial charge in [0.05, 0.1) is 12.7 Å². The summed E-state index contributed by atoms with van der Waals surface area (Å²) in [6.45, 7) is -0.914. The van der Waals surface area contributed by atoms with E-state index in [0.29, 0.717) is 0 Å². The van der Waals surface area contributed by atoms with Crippen LogP contribution in [0.3, 0.4) is 0 Å². The number of rotatable bonds is 2. The van der Waals surface area contributed by atoms with E-state index in [1.807, 2.05) is 0 Å². The van der Waals surface area contributed by atoms with Gasteiger partial charge in [-0.1, -0.05) is 0 Å². The molecule has 0 aromatic carbocycles. The third-order valence-electron chi connectivity index (χ3n) is 2.48. The van der Waals surface area contributed by atoms with Crippen molar-refractivity contribution in [1.29, 1.82) is 0 Å². The van der Waals surface area contributed by atoms with Crippen LogP contribution >= 0.6 is 0 Å². The second-order valence-corrected chi connectivity index (χ2v) is 3.34. The lowest BCUT2D eigenvalue weighted by molar-refractivity contribution is -0.111. The fourth-order valence-corrected chi connectivity index (χ4v) is 1.60. The highest BCUT2D eigenvalue weighted by atomic mass is 16.4. The van der Waals surface area contributed by atoms with E-state index in [4.69, 9.17) is 10.2 Å². The molecule has 0 amide bonds. The molecule has 0 saturated heterocycles. The van der Waals surface area contributed by atoms with E-state index in [2.05, 4.69) is 0 Å². The van der Waals surface area contributed by atoms with Crippen molar-refractivity contribution in [3.8, 4) is 0 Å². The van der Waals surface area contributed by atoms with Gasteiger partial charge in [-0.25, -0.2) is 0 Å². The quantitative estimate of drug-likeness (QED) is 0.320. The fourth-order valence-electron chi connectivity index (χ4n) is 1.60. The molecule has 5 heteroatoms. The molecule has 1 aliphatic carbocycles. The van der Waals surface area contributed by atoms with Crippen molar-refractivity contribution in [3.05, 3.63) is 0 Å². The zero-order chi connectivity index (χ0) is 9.35. The lowest BCUT2D eigenvalue weighted by Gasteiger charge is -2.24. The first-order valence-corrected chi connectivity index (χ1v) is 3.85. The molecule has 0 heterocycles. The van der Waals surface area contributed by atoms with Crippen LogP contribution in [0.2, 0.25) is 0 Å². The summed E-state index contributed by atoms with van der Waals surface area (Å²) in [5, 5.41) is 45.4. The summed E-state index contributed by atoms with van der Waals surface area (Å²) in [5.74, 6) is -0.558. The third-order valence-corrected chi connectivity index (χ3v) is 2.48. The first-order valence-electron chi connectivity index (χ1n) is 3.85. The largest absolute Gasteiger partial charge is 0.396 e. The van der Waals surface area contributed by atoms with Crippen LogP contribution in [0.25, 0.3) is 0 Å². The normalized spacial score (nSPS) is 48.2. The van der Waals surface area contributed by atoms with E-state index in [0.717, 1.165) is 0 Å². The SMILES string of the molecule is OC[C@H]1C[C@](O)(CO)[C@@H](O)[C@@H]1O. The van der Waals surface area contributed by atoms with E-state index in [9.17, 15) is 15.3 Å². The molecule has 5 N–H and O–H groups in total. The van der Waals surface area contributed by atoms with Crippen molar-refractivity contribution in [2.24, 2.45) is 5.92 Å². The van der Waals surface area contributed by atoms with E-state index in [1.54, 1.807) is 0 Å². The van der Waals surface area contributed by atoms with Crippen LogP contribution < -0.4 is 0 Å². The van der Waals surface area contributed by atoms with Gasteiger partial charge < -0.3 is 25.5 Å².